The smallest absolute Gasteiger partial charge is 0.0428 e. The standard InChI is InChI=1S/C16H27NOS/c1-12(2)10-19(18)11-15(17)13-6-8-14(9-7-13)16(3,4)5/h6-9,12,15H,10-11,17H2,1-5H3. The van der Waals surface area contributed by atoms with E-state index in [1.54, 1.807) is 0 Å². The highest BCUT2D eigenvalue weighted by molar-refractivity contribution is 7.85. The van der Waals surface area contributed by atoms with Gasteiger partial charge >= 0.3 is 0 Å². The maximum atomic E-state index is 11.9. The number of hydrogen-bond acceptors (Lipinski definition) is 2. The first-order valence-corrected chi connectivity index (χ1v) is 8.40. The van der Waals surface area contributed by atoms with E-state index in [9.17, 15) is 4.21 Å². The molecule has 0 saturated heterocycles. The van der Waals surface area contributed by atoms with E-state index in [-0.39, 0.29) is 11.5 Å². The summed E-state index contributed by atoms with van der Waals surface area (Å²) in [7, 11) is -0.828. The minimum absolute atomic E-state index is 0.131. The third-order valence-corrected chi connectivity index (χ3v) is 4.86. The highest BCUT2D eigenvalue weighted by Gasteiger charge is 2.15. The van der Waals surface area contributed by atoms with Crippen LogP contribution < -0.4 is 5.73 Å². The summed E-state index contributed by atoms with van der Waals surface area (Å²) >= 11 is 0. The topological polar surface area (TPSA) is 43.1 Å². The molecule has 0 aliphatic rings. The average Bonchev–Trinajstić information content (AvgIpc) is 2.26. The van der Waals surface area contributed by atoms with Gasteiger partial charge in [0.1, 0.15) is 0 Å². The van der Waals surface area contributed by atoms with Crippen LogP contribution in [0.2, 0.25) is 0 Å². The lowest BCUT2D eigenvalue weighted by atomic mass is 9.86. The van der Waals surface area contributed by atoms with Crippen LogP contribution in [0.25, 0.3) is 0 Å². The zero-order valence-corrected chi connectivity index (χ0v) is 13.6. The SMILES string of the molecule is CC(C)CS(=O)CC(N)c1ccc(C(C)(C)C)cc1. The zero-order chi connectivity index (χ0) is 14.6. The summed E-state index contributed by atoms with van der Waals surface area (Å²) < 4.78 is 11.9. The molecule has 0 aliphatic heterocycles. The molecule has 3 heteroatoms. The highest BCUT2D eigenvalue weighted by Crippen LogP contribution is 2.23. The van der Waals surface area contributed by atoms with Gasteiger partial charge in [-0.2, -0.15) is 0 Å². The van der Waals surface area contributed by atoms with Gasteiger partial charge in [0, 0.05) is 28.3 Å². The molecule has 2 N–H and O–H groups in total. The fourth-order valence-electron chi connectivity index (χ4n) is 1.97. The van der Waals surface area contributed by atoms with Crippen LogP contribution >= 0.6 is 0 Å². The normalized spacial score (nSPS) is 15.5. The summed E-state index contributed by atoms with van der Waals surface area (Å²) in [5, 5.41) is 0. The Hall–Kier alpha value is -0.670. The van der Waals surface area contributed by atoms with Crippen molar-refractivity contribution in [3.63, 3.8) is 0 Å². The molecule has 0 fully saturated rings. The second-order valence-electron chi connectivity index (χ2n) is 6.65. The number of benzene rings is 1. The van der Waals surface area contributed by atoms with Gasteiger partial charge in [0.05, 0.1) is 0 Å². The largest absolute Gasteiger partial charge is 0.323 e. The molecule has 0 saturated carbocycles. The van der Waals surface area contributed by atoms with Crippen molar-refractivity contribution in [2.45, 2.75) is 46.1 Å². The molecule has 19 heavy (non-hydrogen) atoms. The molecule has 2 nitrogen and oxygen atoms in total. The van der Waals surface area contributed by atoms with Crippen molar-refractivity contribution < 1.29 is 4.21 Å². The first kappa shape index (κ1) is 16.4. The Labute approximate surface area is 120 Å². The van der Waals surface area contributed by atoms with E-state index in [0.717, 1.165) is 11.3 Å². The Morgan fingerprint density at radius 1 is 1.11 bits per heavy atom. The number of nitrogens with two attached hydrogens (primary N) is 1. The summed E-state index contributed by atoms with van der Waals surface area (Å²) in [6.07, 6.45) is 0. The van der Waals surface area contributed by atoms with Gasteiger partial charge in [-0.1, -0.05) is 58.9 Å². The van der Waals surface area contributed by atoms with Crippen LogP contribution in [0.5, 0.6) is 0 Å². The van der Waals surface area contributed by atoms with E-state index >= 15 is 0 Å². The van der Waals surface area contributed by atoms with Crippen molar-refractivity contribution in [2.75, 3.05) is 11.5 Å². The van der Waals surface area contributed by atoms with Crippen molar-refractivity contribution in [1.29, 1.82) is 0 Å². The molecule has 2 unspecified atom stereocenters. The van der Waals surface area contributed by atoms with Crippen LogP contribution in [0.3, 0.4) is 0 Å². The summed E-state index contributed by atoms with van der Waals surface area (Å²) in [5.41, 5.74) is 8.67. The predicted molar refractivity (Wildman–Crippen MR) is 84.8 cm³/mol. The first-order chi connectivity index (χ1) is 8.70. The van der Waals surface area contributed by atoms with E-state index in [4.69, 9.17) is 5.73 Å². The second-order valence-corrected chi connectivity index (χ2v) is 8.19. The van der Waals surface area contributed by atoms with Crippen LogP contribution in [-0.4, -0.2) is 15.7 Å². The molecule has 0 spiro atoms. The molecule has 0 radical (unpaired) electrons. The Morgan fingerprint density at radius 2 is 1.63 bits per heavy atom. The average molecular weight is 281 g/mol. The number of hydrogen-bond donors (Lipinski definition) is 1. The molecular formula is C16H27NOS. The lowest BCUT2D eigenvalue weighted by Crippen LogP contribution is -2.21. The molecule has 0 aromatic heterocycles. The molecule has 0 heterocycles. The van der Waals surface area contributed by atoms with Crippen LogP contribution in [0, 0.1) is 5.92 Å². The third-order valence-electron chi connectivity index (χ3n) is 3.09. The van der Waals surface area contributed by atoms with Gasteiger partial charge in [0.15, 0.2) is 0 Å². The number of rotatable bonds is 5. The Morgan fingerprint density at radius 3 is 2.05 bits per heavy atom. The van der Waals surface area contributed by atoms with Crippen molar-refractivity contribution in [3.8, 4) is 0 Å². The van der Waals surface area contributed by atoms with Gasteiger partial charge in [-0.3, -0.25) is 4.21 Å². The minimum Gasteiger partial charge on any atom is -0.323 e. The first-order valence-electron chi connectivity index (χ1n) is 6.91. The molecule has 1 aromatic rings. The van der Waals surface area contributed by atoms with Crippen LogP contribution in [-0.2, 0) is 16.2 Å². The highest BCUT2D eigenvalue weighted by atomic mass is 32.2. The van der Waals surface area contributed by atoms with Crippen molar-refractivity contribution in [1.82, 2.24) is 0 Å². The molecule has 0 aliphatic carbocycles. The van der Waals surface area contributed by atoms with E-state index in [1.165, 1.54) is 5.56 Å². The Bertz CT molecular complexity index is 417. The Kier molecular flexibility index (Phi) is 5.75. The van der Waals surface area contributed by atoms with E-state index in [2.05, 4.69) is 58.9 Å². The van der Waals surface area contributed by atoms with E-state index in [0.29, 0.717) is 11.7 Å². The monoisotopic (exact) mass is 281 g/mol. The van der Waals surface area contributed by atoms with Gasteiger partial charge in [-0.15, -0.1) is 0 Å². The molecule has 1 aromatic carbocycles. The lowest BCUT2D eigenvalue weighted by Gasteiger charge is -2.20. The van der Waals surface area contributed by atoms with Crippen LogP contribution in [0.15, 0.2) is 24.3 Å². The fourth-order valence-corrected chi connectivity index (χ4v) is 3.44. The maximum Gasteiger partial charge on any atom is 0.0428 e. The fraction of sp³-hybridized carbons (Fsp3) is 0.625. The van der Waals surface area contributed by atoms with Gasteiger partial charge in [-0.25, -0.2) is 0 Å². The van der Waals surface area contributed by atoms with E-state index < -0.39 is 10.8 Å². The summed E-state index contributed by atoms with van der Waals surface area (Å²) in [4.78, 5) is 0. The third kappa shape index (κ3) is 5.45. The van der Waals surface area contributed by atoms with Gasteiger partial charge in [0.25, 0.3) is 0 Å². The van der Waals surface area contributed by atoms with Crippen molar-refractivity contribution in [3.05, 3.63) is 35.4 Å². The molecule has 0 amide bonds. The van der Waals surface area contributed by atoms with Crippen molar-refractivity contribution in [2.24, 2.45) is 11.7 Å². The van der Waals surface area contributed by atoms with E-state index in [1.807, 2.05) is 0 Å². The van der Waals surface area contributed by atoms with Gasteiger partial charge in [-0.05, 0) is 22.5 Å². The van der Waals surface area contributed by atoms with Crippen molar-refractivity contribution >= 4 is 10.8 Å². The quantitative estimate of drug-likeness (QED) is 0.899. The predicted octanol–water partition coefficient (Wildman–Crippen LogP) is 3.39. The lowest BCUT2D eigenvalue weighted by molar-refractivity contribution is 0.589. The summed E-state index contributed by atoms with van der Waals surface area (Å²) in [6.45, 7) is 10.8. The molecule has 0 bridgehead atoms. The summed E-state index contributed by atoms with van der Waals surface area (Å²) in [5.74, 6) is 1.73. The summed E-state index contributed by atoms with van der Waals surface area (Å²) in [6, 6.07) is 8.25. The maximum absolute atomic E-state index is 11.9. The second kappa shape index (κ2) is 6.67. The minimum atomic E-state index is -0.828. The van der Waals surface area contributed by atoms with Gasteiger partial charge in [0.2, 0.25) is 0 Å². The Balaban J connectivity index is 2.68. The van der Waals surface area contributed by atoms with Crippen LogP contribution in [0.4, 0.5) is 0 Å². The molecule has 108 valence electrons. The van der Waals surface area contributed by atoms with Crippen LogP contribution in [0.1, 0.15) is 51.8 Å². The zero-order valence-electron chi connectivity index (χ0n) is 12.8. The molecule has 2 atom stereocenters. The molecule has 1 rings (SSSR count). The molecular weight excluding hydrogens is 254 g/mol. The van der Waals surface area contributed by atoms with Gasteiger partial charge < -0.3 is 5.73 Å².